The molecule has 3 heteroatoms. The fourth-order valence-corrected chi connectivity index (χ4v) is 8.26. The molecule has 2 nitrogen and oxygen atoms in total. The Morgan fingerprint density at radius 3 is 1.95 bits per heavy atom. The van der Waals surface area contributed by atoms with Gasteiger partial charge in [0.25, 0.3) is 0 Å². The lowest BCUT2D eigenvalue weighted by atomic mass is 10.0. The summed E-state index contributed by atoms with van der Waals surface area (Å²) in [6, 6.07) is 44.9. The number of benzene rings is 6. The molecule has 4 aromatic heterocycles. The van der Waals surface area contributed by atoms with Crippen molar-refractivity contribution in [2.45, 2.75) is 0 Å². The van der Waals surface area contributed by atoms with Gasteiger partial charge in [-0.25, -0.2) is 0 Å². The van der Waals surface area contributed by atoms with Gasteiger partial charge in [0.15, 0.2) is 0 Å². The molecule has 0 N–H and O–H groups in total. The molecule has 4 heterocycles. The molecule has 0 fully saturated rings. The SMILES string of the molecule is c1ccc2c(c1)sc1cc(-n3c4cccc5c6cccc7c8ccccc8n(c8cccc3c8c54)c67)ccc12. The van der Waals surface area contributed by atoms with Crippen LogP contribution in [0.1, 0.15) is 0 Å². The molecule has 0 aliphatic rings. The summed E-state index contributed by atoms with van der Waals surface area (Å²) in [6.45, 7) is 0. The number of para-hydroxylation sites is 2. The molecular formula is C36H20N2S. The van der Waals surface area contributed by atoms with Crippen LogP contribution < -0.4 is 0 Å². The molecule has 39 heavy (non-hydrogen) atoms. The highest BCUT2D eigenvalue weighted by molar-refractivity contribution is 7.25. The highest BCUT2D eigenvalue weighted by Gasteiger charge is 2.21. The van der Waals surface area contributed by atoms with Crippen molar-refractivity contribution in [3.8, 4) is 5.69 Å². The van der Waals surface area contributed by atoms with Crippen molar-refractivity contribution in [1.29, 1.82) is 0 Å². The molecule has 0 atom stereocenters. The van der Waals surface area contributed by atoms with E-state index in [1.807, 2.05) is 11.3 Å². The molecule has 0 aliphatic heterocycles. The van der Waals surface area contributed by atoms with E-state index in [-0.39, 0.29) is 0 Å². The average Bonchev–Trinajstić information content (AvgIpc) is 3.61. The smallest absolute Gasteiger partial charge is 0.0619 e. The summed E-state index contributed by atoms with van der Waals surface area (Å²) >= 11 is 1.88. The molecule has 0 unspecified atom stereocenters. The van der Waals surface area contributed by atoms with E-state index < -0.39 is 0 Å². The topological polar surface area (TPSA) is 9.34 Å². The number of hydrogen-bond donors (Lipinski definition) is 0. The fraction of sp³-hybridized carbons (Fsp3) is 0. The van der Waals surface area contributed by atoms with Crippen molar-refractivity contribution in [2.24, 2.45) is 0 Å². The van der Waals surface area contributed by atoms with Crippen LogP contribution in [0.3, 0.4) is 0 Å². The van der Waals surface area contributed by atoms with Gasteiger partial charge in [0.1, 0.15) is 0 Å². The Hall–Kier alpha value is -4.86. The van der Waals surface area contributed by atoms with Crippen molar-refractivity contribution in [3.63, 3.8) is 0 Å². The van der Waals surface area contributed by atoms with Crippen LogP contribution in [0.5, 0.6) is 0 Å². The maximum atomic E-state index is 2.50. The third-order valence-corrected chi connectivity index (χ3v) is 9.77. The molecule has 10 aromatic rings. The first-order valence-corrected chi connectivity index (χ1v) is 14.2. The van der Waals surface area contributed by atoms with E-state index >= 15 is 0 Å². The maximum absolute atomic E-state index is 2.50. The van der Waals surface area contributed by atoms with Crippen molar-refractivity contribution in [1.82, 2.24) is 8.97 Å². The van der Waals surface area contributed by atoms with Crippen LogP contribution in [0.25, 0.3) is 85.8 Å². The van der Waals surface area contributed by atoms with Crippen LogP contribution >= 0.6 is 11.3 Å². The monoisotopic (exact) mass is 512 g/mol. The van der Waals surface area contributed by atoms with E-state index in [0.717, 1.165) is 0 Å². The molecule has 180 valence electrons. The van der Waals surface area contributed by atoms with Crippen molar-refractivity contribution in [3.05, 3.63) is 121 Å². The number of aromatic nitrogens is 2. The van der Waals surface area contributed by atoms with E-state index in [0.29, 0.717) is 0 Å². The maximum Gasteiger partial charge on any atom is 0.0619 e. The average molecular weight is 513 g/mol. The minimum absolute atomic E-state index is 1.21. The van der Waals surface area contributed by atoms with E-state index in [4.69, 9.17) is 0 Å². The van der Waals surface area contributed by atoms with E-state index in [2.05, 4.69) is 130 Å². The Labute approximate surface area is 226 Å². The van der Waals surface area contributed by atoms with Crippen LogP contribution in [0.15, 0.2) is 121 Å². The zero-order valence-corrected chi connectivity index (χ0v) is 21.7. The quantitative estimate of drug-likeness (QED) is 0.207. The summed E-state index contributed by atoms with van der Waals surface area (Å²) in [4.78, 5) is 0. The van der Waals surface area contributed by atoms with E-state index in [1.54, 1.807) is 0 Å². The largest absolute Gasteiger partial charge is 0.309 e. The van der Waals surface area contributed by atoms with Gasteiger partial charge < -0.3 is 8.97 Å². The van der Waals surface area contributed by atoms with Gasteiger partial charge in [-0.05, 0) is 47.9 Å². The number of nitrogens with zero attached hydrogens (tertiary/aromatic N) is 2. The van der Waals surface area contributed by atoms with E-state index in [1.165, 1.54) is 85.8 Å². The molecule has 0 amide bonds. The Balaban J connectivity index is 1.45. The normalized spacial score (nSPS) is 12.6. The van der Waals surface area contributed by atoms with Gasteiger partial charge in [-0.2, -0.15) is 0 Å². The number of rotatable bonds is 1. The van der Waals surface area contributed by atoms with Crippen molar-refractivity contribution in [2.75, 3.05) is 0 Å². The Bertz CT molecular complexity index is 2610. The molecule has 0 bridgehead atoms. The van der Waals surface area contributed by atoms with Crippen LogP contribution in [-0.4, -0.2) is 8.97 Å². The second-order valence-electron chi connectivity index (χ2n) is 10.5. The summed E-state index contributed by atoms with van der Waals surface area (Å²) in [7, 11) is 0. The highest BCUT2D eigenvalue weighted by atomic mass is 32.1. The standard InChI is InChI=1S/C36H20N2S/c1-3-13-28-22(8-1)26-11-5-12-27-25-10-6-14-29-34(25)35-30(15-7-16-31(35)38(28)36(26)27)37(29)21-18-19-24-23-9-2-4-17-32(23)39-33(24)20-21/h1-20H. The predicted octanol–water partition coefficient (Wildman–Crippen LogP) is 10.3. The molecule has 0 aliphatic carbocycles. The van der Waals surface area contributed by atoms with Gasteiger partial charge in [-0.1, -0.05) is 78.9 Å². The van der Waals surface area contributed by atoms with Crippen LogP contribution in [0, 0.1) is 0 Å². The Morgan fingerprint density at radius 2 is 1.03 bits per heavy atom. The summed E-state index contributed by atoms with van der Waals surface area (Å²) in [5.74, 6) is 0. The Morgan fingerprint density at radius 1 is 0.410 bits per heavy atom. The fourth-order valence-electron chi connectivity index (χ4n) is 7.12. The minimum atomic E-state index is 1.21. The second-order valence-corrected chi connectivity index (χ2v) is 11.6. The molecule has 10 rings (SSSR count). The third kappa shape index (κ3) is 2.38. The summed E-state index contributed by atoms with van der Waals surface area (Å²) in [5, 5.41) is 10.5. The van der Waals surface area contributed by atoms with Crippen molar-refractivity contribution >= 4 is 91.4 Å². The first kappa shape index (κ1) is 20.1. The van der Waals surface area contributed by atoms with Gasteiger partial charge in [0.05, 0.1) is 27.6 Å². The highest BCUT2D eigenvalue weighted by Crippen LogP contribution is 2.44. The first-order chi connectivity index (χ1) is 19.4. The third-order valence-electron chi connectivity index (χ3n) is 8.64. The lowest BCUT2D eigenvalue weighted by Gasteiger charge is -2.09. The molecule has 0 spiro atoms. The van der Waals surface area contributed by atoms with E-state index in [9.17, 15) is 0 Å². The summed E-state index contributed by atoms with van der Waals surface area (Å²) in [5.41, 5.74) is 7.51. The molecule has 0 saturated heterocycles. The van der Waals surface area contributed by atoms with Gasteiger partial charge in [-0.15, -0.1) is 11.3 Å². The minimum Gasteiger partial charge on any atom is -0.309 e. The molecular weight excluding hydrogens is 492 g/mol. The first-order valence-electron chi connectivity index (χ1n) is 13.4. The van der Waals surface area contributed by atoms with Crippen LogP contribution in [0.2, 0.25) is 0 Å². The molecule has 0 saturated carbocycles. The lowest BCUT2D eigenvalue weighted by molar-refractivity contribution is 1.19. The van der Waals surface area contributed by atoms with Gasteiger partial charge in [0, 0.05) is 52.8 Å². The lowest BCUT2D eigenvalue weighted by Crippen LogP contribution is -1.94. The molecule has 6 aromatic carbocycles. The van der Waals surface area contributed by atoms with Crippen LogP contribution in [-0.2, 0) is 0 Å². The summed E-state index contributed by atoms with van der Waals surface area (Å²) in [6.07, 6.45) is 0. The second kappa shape index (κ2) is 6.96. The number of hydrogen-bond acceptors (Lipinski definition) is 1. The zero-order valence-electron chi connectivity index (χ0n) is 20.8. The summed E-state index contributed by atoms with van der Waals surface area (Å²) < 4.78 is 7.64. The van der Waals surface area contributed by atoms with Gasteiger partial charge in [-0.3, -0.25) is 0 Å². The van der Waals surface area contributed by atoms with Crippen molar-refractivity contribution < 1.29 is 0 Å². The predicted molar refractivity (Wildman–Crippen MR) is 168 cm³/mol. The van der Waals surface area contributed by atoms with Gasteiger partial charge >= 0.3 is 0 Å². The zero-order chi connectivity index (χ0) is 25.2. The Kier molecular flexibility index (Phi) is 3.59. The van der Waals surface area contributed by atoms with Crippen LogP contribution in [0.4, 0.5) is 0 Å². The molecule has 0 radical (unpaired) electrons. The number of thiophene rings is 1. The number of fused-ring (bicyclic) bond motifs is 8. The van der Waals surface area contributed by atoms with Gasteiger partial charge in [0.2, 0.25) is 0 Å².